The molecular weight excluding hydrogens is 258 g/mol. The van der Waals surface area contributed by atoms with Crippen LogP contribution in [0.1, 0.15) is 39.0 Å². The van der Waals surface area contributed by atoms with Crippen LogP contribution in [0.3, 0.4) is 0 Å². The Morgan fingerprint density at radius 1 is 1.53 bits per heavy atom. The summed E-state index contributed by atoms with van der Waals surface area (Å²) in [5.74, 6) is 0.707. The van der Waals surface area contributed by atoms with Crippen LogP contribution in [0.5, 0.6) is 0 Å². The zero-order chi connectivity index (χ0) is 11.3. The Kier molecular flexibility index (Phi) is 5.06. The molecule has 15 heavy (non-hydrogen) atoms. The Balaban J connectivity index is 2.31. The van der Waals surface area contributed by atoms with Gasteiger partial charge in [0, 0.05) is 6.54 Å². The third-order valence-electron chi connectivity index (χ3n) is 3.35. The molecular formula is C11H20BrNO2. The van der Waals surface area contributed by atoms with Crippen LogP contribution in [0.4, 0.5) is 0 Å². The van der Waals surface area contributed by atoms with Gasteiger partial charge in [-0.25, -0.2) is 0 Å². The Morgan fingerprint density at radius 3 is 2.60 bits per heavy atom. The molecule has 0 unspecified atom stereocenters. The maximum absolute atomic E-state index is 11.0. The van der Waals surface area contributed by atoms with Crippen molar-refractivity contribution in [3.63, 3.8) is 0 Å². The van der Waals surface area contributed by atoms with Crippen molar-refractivity contribution in [3.05, 3.63) is 0 Å². The fourth-order valence-electron chi connectivity index (χ4n) is 2.11. The SMILES string of the molecule is CCC1CCC(O)(CNC(=O)CBr)CC1. The summed E-state index contributed by atoms with van der Waals surface area (Å²) in [4.78, 5) is 11.0. The van der Waals surface area contributed by atoms with Gasteiger partial charge in [0.15, 0.2) is 0 Å². The Morgan fingerprint density at radius 2 is 2.13 bits per heavy atom. The van der Waals surface area contributed by atoms with E-state index in [-0.39, 0.29) is 5.91 Å². The summed E-state index contributed by atoms with van der Waals surface area (Å²) in [6, 6.07) is 0. The molecule has 88 valence electrons. The van der Waals surface area contributed by atoms with Crippen LogP contribution in [0.25, 0.3) is 0 Å². The van der Waals surface area contributed by atoms with E-state index in [0.29, 0.717) is 11.9 Å². The van der Waals surface area contributed by atoms with Crippen molar-refractivity contribution in [2.75, 3.05) is 11.9 Å². The average Bonchev–Trinajstić information content (AvgIpc) is 2.27. The lowest BCUT2D eigenvalue weighted by atomic mass is 9.78. The topological polar surface area (TPSA) is 49.3 Å². The van der Waals surface area contributed by atoms with Gasteiger partial charge in [0.05, 0.1) is 10.9 Å². The second-order valence-corrected chi connectivity index (χ2v) is 5.05. The fourth-order valence-corrected chi connectivity index (χ4v) is 2.31. The average molecular weight is 278 g/mol. The van der Waals surface area contributed by atoms with Crippen molar-refractivity contribution in [2.24, 2.45) is 5.92 Å². The van der Waals surface area contributed by atoms with Gasteiger partial charge in [0.1, 0.15) is 0 Å². The number of amides is 1. The van der Waals surface area contributed by atoms with Crippen molar-refractivity contribution >= 4 is 21.8 Å². The molecule has 0 bridgehead atoms. The highest BCUT2D eigenvalue weighted by atomic mass is 79.9. The van der Waals surface area contributed by atoms with E-state index in [1.165, 1.54) is 6.42 Å². The fraction of sp³-hybridized carbons (Fsp3) is 0.909. The van der Waals surface area contributed by atoms with E-state index in [4.69, 9.17) is 0 Å². The first-order chi connectivity index (χ1) is 7.09. The molecule has 1 aliphatic carbocycles. The smallest absolute Gasteiger partial charge is 0.230 e. The molecule has 0 saturated heterocycles. The lowest BCUT2D eigenvalue weighted by Gasteiger charge is -2.35. The van der Waals surface area contributed by atoms with Gasteiger partial charge >= 0.3 is 0 Å². The minimum Gasteiger partial charge on any atom is -0.388 e. The molecule has 0 aromatic carbocycles. The first kappa shape index (κ1) is 13.0. The monoisotopic (exact) mass is 277 g/mol. The third kappa shape index (κ3) is 4.11. The standard InChI is InChI=1S/C11H20BrNO2/c1-2-9-3-5-11(15,6-4-9)8-13-10(14)7-12/h9,15H,2-8H2,1H3,(H,13,14). The van der Waals surface area contributed by atoms with Crippen molar-refractivity contribution in [2.45, 2.75) is 44.6 Å². The molecule has 0 aromatic heterocycles. The molecule has 0 aliphatic heterocycles. The van der Waals surface area contributed by atoms with Crippen molar-refractivity contribution in [3.8, 4) is 0 Å². The summed E-state index contributed by atoms with van der Waals surface area (Å²) in [5, 5.41) is 13.2. The predicted molar refractivity (Wildman–Crippen MR) is 64.0 cm³/mol. The molecule has 1 saturated carbocycles. The molecule has 0 heterocycles. The summed E-state index contributed by atoms with van der Waals surface area (Å²) < 4.78 is 0. The van der Waals surface area contributed by atoms with Crippen molar-refractivity contribution in [1.29, 1.82) is 0 Å². The molecule has 1 aliphatic rings. The van der Waals surface area contributed by atoms with Gasteiger partial charge in [-0.1, -0.05) is 29.3 Å². The third-order valence-corrected chi connectivity index (χ3v) is 3.86. The zero-order valence-electron chi connectivity index (χ0n) is 9.26. The molecule has 0 spiro atoms. The van der Waals surface area contributed by atoms with Crippen LogP contribution in [0, 0.1) is 5.92 Å². The van der Waals surface area contributed by atoms with E-state index in [2.05, 4.69) is 28.2 Å². The van der Waals surface area contributed by atoms with Gasteiger partial charge in [-0.3, -0.25) is 4.79 Å². The second kappa shape index (κ2) is 5.85. The number of rotatable bonds is 4. The summed E-state index contributed by atoms with van der Waals surface area (Å²) in [6.07, 6.45) is 4.99. The van der Waals surface area contributed by atoms with E-state index in [0.717, 1.165) is 31.6 Å². The number of halogens is 1. The molecule has 4 heteroatoms. The molecule has 1 amide bonds. The number of carbonyl (C=O) groups excluding carboxylic acids is 1. The minimum absolute atomic E-state index is 0.0546. The first-order valence-corrected chi connectivity index (χ1v) is 6.77. The largest absolute Gasteiger partial charge is 0.388 e. The highest BCUT2D eigenvalue weighted by Gasteiger charge is 2.32. The zero-order valence-corrected chi connectivity index (χ0v) is 10.8. The van der Waals surface area contributed by atoms with Gasteiger partial charge in [-0.2, -0.15) is 0 Å². The van der Waals surface area contributed by atoms with Gasteiger partial charge in [-0.05, 0) is 31.6 Å². The van der Waals surface area contributed by atoms with E-state index < -0.39 is 5.60 Å². The summed E-state index contributed by atoms with van der Waals surface area (Å²) in [5.41, 5.74) is -0.663. The van der Waals surface area contributed by atoms with E-state index >= 15 is 0 Å². The predicted octanol–water partition coefficient (Wildman–Crippen LogP) is 1.83. The minimum atomic E-state index is -0.663. The van der Waals surface area contributed by atoms with Gasteiger partial charge in [0.25, 0.3) is 0 Å². The highest BCUT2D eigenvalue weighted by Crippen LogP contribution is 2.33. The van der Waals surface area contributed by atoms with E-state index in [1.807, 2.05) is 0 Å². The summed E-state index contributed by atoms with van der Waals surface area (Å²) in [6.45, 7) is 2.59. The number of hydrogen-bond acceptors (Lipinski definition) is 2. The summed E-state index contributed by atoms with van der Waals surface area (Å²) in [7, 11) is 0. The normalized spacial score (nSPS) is 31.3. The van der Waals surface area contributed by atoms with Gasteiger partial charge in [-0.15, -0.1) is 0 Å². The molecule has 2 N–H and O–H groups in total. The van der Waals surface area contributed by atoms with Crippen LogP contribution in [-0.4, -0.2) is 28.5 Å². The highest BCUT2D eigenvalue weighted by molar-refractivity contribution is 9.09. The number of hydrogen-bond donors (Lipinski definition) is 2. The van der Waals surface area contributed by atoms with Crippen LogP contribution in [0.15, 0.2) is 0 Å². The lowest BCUT2D eigenvalue weighted by molar-refractivity contribution is -0.120. The first-order valence-electron chi connectivity index (χ1n) is 5.64. The number of nitrogens with one attached hydrogen (secondary N) is 1. The molecule has 1 fully saturated rings. The molecule has 0 radical (unpaired) electrons. The second-order valence-electron chi connectivity index (χ2n) is 4.49. The summed E-state index contributed by atoms with van der Waals surface area (Å²) >= 11 is 3.08. The van der Waals surface area contributed by atoms with Gasteiger partial charge < -0.3 is 10.4 Å². The quantitative estimate of drug-likeness (QED) is 0.771. The Bertz CT molecular complexity index is 213. The molecule has 0 atom stereocenters. The number of aliphatic hydroxyl groups is 1. The Labute approximate surface area is 99.8 Å². The van der Waals surface area contributed by atoms with Crippen molar-refractivity contribution in [1.82, 2.24) is 5.32 Å². The maximum Gasteiger partial charge on any atom is 0.230 e. The van der Waals surface area contributed by atoms with Crippen LogP contribution < -0.4 is 5.32 Å². The molecule has 3 nitrogen and oxygen atoms in total. The van der Waals surface area contributed by atoms with Crippen LogP contribution in [-0.2, 0) is 4.79 Å². The maximum atomic E-state index is 11.0. The number of alkyl halides is 1. The number of carbonyl (C=O) groups is 1. The van der Waals surface area contributed by atoms with E-state index in [9.17, 15) is 9.90 Å². The molecule has 1 rings (SSSR count). The Hall–Kier alpha value is -0.0900. The van der Waals surface area contributed by atoms with Gasteiger partial charge in [0.2, 0.25) is 5.91 Å². The van der Waals surface area contributed by atoms with Crippen molar-refractivity contribution < 1.29 is 9.90 Å². The van der Waals surface area contributed by atoms with Crippen LogP contribution >= 0.6 is 15.9 Å². The van der Waals surface area contributed by atoms with E-state index in [1.54, 1.807) is 0 Å². The lowest BCUT2D eigenvalue weighted by Crippen LogP contribution is -2.45. The van der Waals surface area contributed by atoms with Crippen LogP contribution in [0.2, 0.25) is 0 Å². The molecule has 0 aromatic rings.